The fraction of sp³-hybridized carbons (Fsp3) is 0.435. The van der Waals surface area contributed by atoms with Gasteiger partial charge in [-0.2, -0.15) is 11.8 Å². The third-order valence-electron chi connectivity index (χ3n) is 4.95. The summed E-state index contributed by atoms with van der Waals surface area (Å²) in [6.45, 7) is 2.16. The summed E-state index contributed by atoms with van der Waals surface area (Å²) >= 11 is 1.67. The van der Waals surface area contributed by atoms with Crippen molar-refractivity contribution in [3.63, 3.8) is 0 Å². The maximum absolute atomic E-state index is 11.1. The molecule has 2 aromatic rings. The van der Waals surface area contributed by atoms with Crippen LogP contribution in [-0.4, -0.2) is 40.3 Å². The summed E-state index contributed by atoms with van der Waals surface area (Å²) in [5.74, 6) is 1.40. The third kappa shape index (κ3) is 6.55. The highest BCUT2D eigenvalue weighted by atomic mass is 32.2. The van der Waals surface area contributed by atoms with Crippen LogP contribution in [0.5, 0.6) is 0 Å². The Bertz CT molecular complexity index is 796. The molecule has 2 aromatic carbocycles. The number of hydrogen-bond acceptors (Lipinski definition) is 6. The lowest BCUT2D eigenvalue weighted by atomic mass is 10.0. The van der Waals surface area contributed by atoms with Crippen LogP contribution in [0.3, 0.4) is 0 Å². The fourth-order valence-electron chi connectivity index (χ4n) is 3.32. The number of carbonyl (C=O) groups is 1. The van der Waals surface area contributed by atoms with Crippen molar-refractivity contribution < 1.29 is 24.5 Å². The molecule has 0 spiro atoms. The van der Waals surface area contributed by atoms with Crippen molar-refractivity contribution >= 4 is 17.7 Å². The molecule has 3 N–H and O–H groups in total. The molecule has 1 heterocycles. The van der Waals surface area contributed by atoms with Gasteiger partial charge in [0.05, 0.1) is 25.4 Å². The molecule has 3 unspecified atom stereocenters. The molecule has 0 aromatic heterocycles. The van der Waals surface area contributed by atoms with E-state index in [0.29, 0.717) is 12.3 Å². The number of hydrogen-bond donors (Lipinski definition) is 3. The second-order valence-electron chi connectivity index (χ2n) is 7.30. The van der Waals surface area contributed by atoms with Crippen LogP contribution in [0.25, 0.3) is 0 Å². The number of ether oxygens (including phenoxy) is 2. The maximum atomic E-state index is 11.1. The Morgan fingerprint density at radius 2 is 1.70 bits per heavy atom. The number of aliphatic hydroxyl groups excluding tert-OH is 2. The Balaban J connectivity index is 1.73. The zero-order valence-corrected chi connectivity index (χ0v) is 17.9. The fourth-order valence-corrected chi connectivity index (χ4v) is 4.09. The third-order valence-corrected chi connectivity index (χ3v) is 6.03. The lowest BCUT2D eigenvalue weighted by Gasteiger charge is -2.36. The van der Waals surface area contributed by atoms with Crippen molar-refractivity contribution in [2.75, 3.05) is 18.1 Å². The number of aliphatic hydroxyl groups is 2. The minimum absolute atomic E-state index is 0.00174. The normalized spacial score (nSPS) is 21.4. The van der Waals surface area contributed by atoms with Gasteiger partial charge in [-0.25, -0.2) is 0 Å². The summed E-state index contributed by atoms with van der Waals surface area (Å²) in [4.78, 5) is 11.1. The Hall–Kier alpha value is -1.90. The quantitative estimate of drug-likeness (QED) is 0.529. The minimum atomic E-state index is -0.490. The van der Waals surface area contributed by atoms with Gasteiger partial charge < -0.3 is 25.0 Å². The monoisotopic (exact) mass is 431 g/mol. The van der Waals surface area contributed by atoms with Crippen molar-refractivity contribution in [1.82, 2.24) is 5.32 Å². The van der Waals surface area contributed by atoms with E-state index in [4.69, 9.17) is 14.6 Å². The van der Waals surface area contributed by atoms with Gasteiger partial charge >= 0.3 is 0 Å². The van der Waals surface area contributed by atoms with Gasteiger partial charge in [0.15, 0.2) is 6.29 Å². The van der Waals surface area contributed by atoms with Crippen LogP contribution in [0.2, 0.25) is 0 Å². The molecule has 0 aliphatic carbocycles. The topological polar surface area (TPSA) is 88.0 Å². The first kappa shape index (κ1) is 22.8. The lowest BCUT2D eigenvalue weighted by Crippen LogP contribution is -2.31. The molecule has 162 valence electrons. The summed E-state index contributed by atoms with van der Waals surface area (Å²) in [7, 11) is 0. The van der Waals surface area contributed by atoms with E-state index in [9.17, 15) is 9.90 Å². The molecule has 1 aliphatic rings. The molecule has 0 saturated carbocycles. The zero-order chi connectivity index (χ0) is 21.3. The highest BCUT2D eigenvalue weighted by molar-refractivity contribution is 7.99. The van der Waals surface area contributed by atoms with Crippen LogP contribution in [0, 0.1) is 0 Å². The number of nitrogens with one attached hydrogen (secondary N) is 1. The first-order chi connectivity index (χ1) is 14.6. The first-order valence-electron chi connectivity index (χ1n) is 10.1. The SMILES string of the molecule is CC(=O)NCc1ccc(C2OC(CSCCO)CC(c3ccc(CO)cc3)O2)cc1. The molecule has 1 fully saturated rings. The highest BCUT2D eigenvalue weighted by Crippen LogP contribution is 2.38. The number of carbonyl (C=O) groups excluding carboxylic acids is 1. The molecule has 30 heavy (non-hydrogen) atoms. The van der Waals surface area contributed by atoms with Gasteiger partial charge in [0.1, 0.15) is 0 Å². The second-order valence-corrected chi connectivity index (χ2v) is 8.45. The van der Waals surface area contributed by atoms with Crippen LogP contribution in [0.1, 0.15) is 48.0 Å². The molecule has 1 amide bonds. The molecular weight excluding hydrogens is 402 g/mol. The van der Waals surface area contributed by atoms with Crippen molar-refractivity contribution in [1.29, 1.82) is 0 Å². The average Bonchev–Trinajstić information content (AvgIpc) is 2.78. The largest absolute Gasteiger partial charge is 0.396 e. The predicted octanol–water partition coefficient (Wildman–Crippen LogP) is 3.09. The number of benzene rings is 2. The minimum Gasteiger partial charge on any atom is -0.396 e. The zero-order valence-electron chi connectivity index (χ0n) is 17.1. The van der Waals surface area contributed by atoms with Crippen molar-refractivity contribution in [3.8, 4) is 0 Å². The van der Waals surface area contributed by atoms with Gasteiger partial charge in [-0.15, -0.1) is 0 Å². The summed E-state index contributed by atoms with van der Waals surface area (Å²) < 4.78 is 12.5. The molecule has 0 radical (unpaired) electrons. The van der Waals surface area contributed by atoms with Crippen molar-refractivity contribution in [3.05, 3.63) is 70.8 Å². The molecule has 1 saturated heterocycles. The summed E-state index contributed by atoms with van der Waals surface area (Å²) in [5.41, 5.74) is 3.86. The smallest absolute Gasteiger partial charge is 0.217 e. The Morgan fingerprint density at radius 3 is 2.33 bits per heavy atom. The van der Waals surface area contributed by atoms with E-state index in [2.05, 4.69) is 5.32 Å². The average molecular weight is 432 g/mol. The van der Waals surface area contributed by atoms with E-state index >= 15 is 0 Å². The predicted molar refractivity (Wildman–Crippen MR) is 117 cm³/mol. The van der Waals surface area contributed by atoms with E-state index < -0.39 is 6.29 Å². The summed E-state index contributed by atoms with van der Waals surface area (Å²) in [6, 6.07) is 15.7. The van der Waals surface area contributed by atoms with Gasteiger partial charge in [0.25, 0.3) is 0 Å². The van der Waals surface area contributed by atoms with Crippen LogP contribution in [0.4, 0.5) is 0 Å². The van der Waals surface area contributed by atoms with Crippen LogP contribution >= 0.6 is 11.8 Å². The van der Waals surface area contributed by atoms with E-state index in [1.54, 1.807) is 11.8 Å². The summed E-state index contributed by atoms with van der Waals surface area (Å²) in [5, 5.41) is 21.2. The molecular formula is C23H29NO5S. The second kappa shape index (κ2) is 11.5. The van der Waals surface area contributed by atoms with Gasteiger partial charge in [-0.05, 0) is 16.7 Å². The van der Waals surface area contributed by atoms with Gasteiger partial charge in [-0.3, -0.25) is 4.79 Å². The molecule has 7 heteroatoms. The van der Waals surface area contributed by atoms with Gasteiger partial charge in [0, 0.05) is 37.0 Å². The number of amides is 1. The van der Waals surface area contributed by atoms with Gasteiger partial charge in [0.2, 0.25) is 5.91 Å². The van der Waals surface area contributed by atoms with Crippen LogP contribution in [0.15, 0.2) is 48.5 Å². The molecule has 0 bridgehead atoms. The Kier molecular flexibility index (Phi) is 8.72. The van der Waals surface area contributed by atoms with E-state index in [1.165, 1.54) is 6.92 Å². The van der Waals surface area contributed by atoms with Crippen LogP contribution in [-0.2, 0) is 27.4 Å². The molecule has 1 aliphatic heterocycles. The van der Waals surface area contributed by atoms with Crippen LogP contribution < -0.4 is 5.32 Å². The molecule has 6 nitrogen and oxygen atoms in total. The van der Waals surface area contributed by atoms with E-state index in [0.717, 1.165) is 34.4 Å². The Morgan fingerprint density at radius 1 is 1.03 bits per heavy atom. The summed E-state index contributed by atoms with van der Waals surface area (Å²) in [6.07, 6.45) is 0.126. The lowest BCUT2D eigenvalue weighted by molar-refractivity contribution is -0.245. The van der Waals surface area contributed by atoms with E-state index in [1.807, 2.05) is 48.5 Å². The number of thioether (sulfide) groups is 1. The maximum Gasteiger partial charge on any atom is 0.217 e. The molecule has 3 atom stereocenters. The standard InChI is InChI=1S/C23H29NO5S/c1-16(27)24-13-17-2-8-20(9-3-17)23-28-21(15-30-11-10-25)12-22(29-23)19-6-4-18(14-26)5-7-19/h2-9,21-23,25-26H,10-15H2,1H3,(H,24,27). The highest BCUT2D eigenvalue weighted by Gasteiger charge is 2.32. The van der Waals surface area contributed by atoms with Gasteiger partial charge in [-0.1, -0.05) is 48.5 Å². The van der Waals surface area contributed by atoms with Crippen molar-refractivity contribution in [2.24, 2.45) is 0 Å². The molecule has 3 rings (SSSR count). The number of rotatable bonds is 9. The first-order valence-corrected chi connectivity index (χ1v) is 11.3. The Labute approximate surface area is 181 Å². The van der Waals surface area contributed by atoms with Crippen molar-refractivity contribution in [2.45, 2.75) is 45.0 Å². The van der Waals surface area contributed by atoms with E-state index in [-0.39, 0.29) is 31.3 Å².